The maximum absolute atomic E-state index is 12.3. The molecule has 0 saturated carbocycles. The summed E-state index contributed by atoms with van der Waals surface area (Å²) in [6.45, 7) is 3.11. The molecule has 0 unspecified atom stereocenters. The molecule has 1 saturated heterocycles. The van der Waals surface area contributed by atoms with Crippen molar-refractivity contribution in [3.8, 4) is 0 Å². The SMILES string of the molecule is O=C(c1ccc(C(=O)N2CCNCC2)cc1)c1cc[nH]c1. The van der Waals surface area contributed by atoms with Gasteiger partial charge in [0.15, 0.2) is 5.78 Å². The molecule has 108 valence electrons. The number of nitrogens with zero attached hydrogens (tertiary/aromatic N) is 1. The summed E-state index contributed by atoms with van der Waals surface area (Å²) in [6, 6.07) is 8.62. The molecule has 0 aliphatic carbocycles. The Morgan fingerprint density at radius 2 is 1.57 bits per heavy atom. The molecule has 21 heavy (non-hydrogen) atoms. The predicted octanol–water partition coefficient (Wildman–Crippen LogP) is 1.29. The van der Waals surface area contributed by atoms with Crippen molar-refractivity contribution in [3.05, 3.63) is 59.4 Å². The number of piperazine rings is 1. The van der Waals surface area contributed by atoms with Crippen LogP contribution in [0.2, 0.25) is 0 Å². The van der Waals surface area contributed by atoms with Crippen LogP contribution in [0.1, 0.15) is 26.3 Å². The zero-order valence-electron chi connectivity index (χ0n) is 11.6. The highest BCUT2D eigenvalue weighted by molar-refractivity contribution is 6.09. The summed E-state index contributed by atoms with van der Waals surface area (Å²) in [5.41, 5.74) is 1.84. The number of benzene rings is 1. The Kier molecular flexibility index (Phi) is 3.83. The molecule has 1 aromatic heterocycles. The van der Waals surface area contributed by atoms with Crippen molar-refractivity contribution >= 4 is 11.7 Å². The molecule has 5 heteroatoms. The van der Waals surface area contributed by atoms with E-state index in [1.165, 1.54) is 0 Å². The van der Waals surface area contributed by atoms with E-state index in [4.69, 9.17) is 0 Å². The Labute approximate surface area is 123 Å². The van der Waals surface area contributed by atoms with Crippen molar-refractivity contribution < 1.29 is 9.59 Å². The van der Waals surface area contributed by atoms with Crippen LogP contribution in [-0.2, 0) is 0 Å². The first-order valence-electron chi connectivity index (χ1n) is 7.03. The molecule has 0 atom stereocenters. The van der Waals surface area contributed by atoms with Crippen LogP contribution < -0.4 is 5.32 Å². The molecule has 3 rings (SSSR count). The minimum atomic E-state index is -0.0441. The first-order chi connectivity index (χ1) is 10.3. The molecule has 5 nitrogen and oxygen atoms in total. The fraction of sp³-hybridized carbons (Fsp3) is 0.250. The molecule has 1 aromatic carbocycles. The quantitative estimate of drug-likeness (QED) is 0.834. The Morgan fingerprint density at radius 1 is 0.905 bits per heavy atom. The van der Waals surface area contributed by atoms with Gasteiger partial charge in [-0.15, -0.1) is 0 Å². The standard InChI is InChI=1S/C16H17N3O2/c20-15(14-5-6-18-11-14)12-1-3-13(4-2-12)16(21)19-9-7-17-8-10-19/h1-6,11,17-18H,7-10H2. The molecule has 2 N–H and O–H groups in total. The molecular weight excluding hydrogens is 266 g/mol. The van der Waals surface area contributed by atoms with Gasteiger partial charge in [-0.05, 0) is 18.2 Å². The van der Waals surface area contributed by atoms with Gasteiger partial charge < -0.3 is 15.2 Å². The summed E-state index contributed by atoms with van der Waals surface area (Å²) in [6.07, 6.45) is 3.39. The van der Waals surface area contributed by atoms with E-state index in [0.717, 1.165) is 26.2 Å². The molecule has 1 fully saturated rings. The summed E-state index contributed by atoms with van der Waals surface area (Å²) >= 11 is 0. The van der Waals surface area contributed by atoms with E-state index in [0.29, 0.717) is 16.7 Å². The second-order valence-corrected chi connectivity index (χ2v) is 5.05. The third-order valence-corrected chi connectivity index (χ3v) is 3.66. The first-order valence-corrected chi connectivity index (χ1v) is 7.03. The van der Waals surface area contributed by atoms with Gasteiger partial charge in [0.2, 0.25) is 0 Å². The Bertz CT molecular complexity index is 626. The Morgan fingerprint density at radius 3 is 2.19 bits per heavy atom. The van der Waals surface area contributed by atoms with Gasteiger partial charge in [0.1, 0.15) is 0 Å². The molecule has 0 bridgehead atoms. The molecule has 2 aromatic rings. The number of amides is 1. The molecule has 1 aliphatic rings. The van der Waals surface area contributed by atoms with Gasteiger partial charge in [-0.3, -0.25) is 9.59 Å². The van der Waals surface area contributed by atoms with E-state index in [2.05, 4.69) is 10.3 Å². The van der Waals surface area contributed by atoms with Gasteiger partial charge in [-0.25, -0.2) is 0 Å². The predicted molar refractivity (Wildman–Crippen MR) is 79.4 cm³/mol. The topological polar surface area (TPSA) is 65.2 Å². The van der Waals surface area contributed by atoms with E-state index in [1.807, 2.05) is 4.90 Å². The lowest BCUT2D eigenvalue weighted by atomic mass is 10.0. The second-order valence-electron chi connectivity index (χ2n) is 5.05. The number of carbonyl (C=O) groups is 2. The van der Waals surface area contributed by atoms with Crippen molar-refractivity contribution in [2.24, 2.45) is 0 Å². The highest BCUT2D eigenvalue weighted by Gasteiger charge is 2.18. The Balaban J connectivity index is 1.74. The minimum Gasteiger partial charge on any atom is -0.367 e. The number of nitrogens with one attached hydrogen (secondary N) is 2. The van der Waals surface area contributed by atoms with E-state index in [1.54, 1.807) is 42.7 Å². The van der Waals surface area contributed by atoms with Crippen molar-refractivity contribution in [1.82, 2.24) is 15.2 Å². The normalized spacial score (nSPS) is 15.0. The number of aromatic nitrogens is 1. The van der Waals surface area contributed by atoms with E-state index < -0.39 is 0 Å². The number of ketones is 1. The number of carbonyl (C=O) groups excluding carboxylic acids is 2. The smallest absolute Gasteiger partial charge is 0.253 e. The lowest BCUT2D eigenvalue weighted by Crippen LogP contribution is -2.46. The van der Waals surface area contributed by atoms with Gasteiger partial charge in [-0.2, -0.15) is 0 Å². The second kappa shape index (κ2) is 5.93. The monoisotopic (exact) mass is 283 g/mol. The van der Waals surface area contributed by atoms with Gasteiger partial charge in [-0.1, -0.05) is 12.1 Å². The number of rotatable bonds is 3. The average Bonchev–Trinajstić information content (AvgIpc) is 3.09. The number of aromatic amines is 1. The number of H-pyrrole nitrogens is 1. The lowest BCUT2D eigenvalue weighted by molar-refractivity contribution is 0.0735. The van der Waals surface area contributed by atoms with Gasteiger partial charge >= 0.3 is 0 Å². The van der Waals surface area contributed by atoms with Gasteiger partial charge in [0.25, 0.3) is 5.91 Å². The summed E-state index contributed by atoms with van der Waals surface area (Å²) in [5.74, 6) is -0.0189. The maximum Gasteiger partial charge on any atom is 0.253 e. The van der Waals surface area contributed by atoms with E-state index in [9.17, 15) is 9.59 Å². The third-order valence-electron chi connectivity index (χ3n) is 3.66. The molecular formula is C16H17N3O2. The van der Waals surface area contributed by atoms with Crippen molar-refractivity contribution in [2.45, 2.75) is 0 Å². The minimum absolute atomic E-state index is 0.0251. The van der Waals surface area contributed by atoms with E-state index in [-0.39, 0.29) is 11.7 Å². The van der Waals surface area contributed by atoms with Crippen LogP contribution in [0.25, 0.3) is 0 Å². The van der Waals surface area contributed by atoms with Crippen LogP contribution >= 0.6 is 0 Å². The van der Waals surface area contributed by atoms with E-state index >= 15 is 0 Å². The van der Waals surface area contributed by atoms with Crippen molar-refractivity contribution in [3.63, 3.8) is 0 Å². The van der Waals surface area contributed by atoms with Gasteiger partial charge in [0, 0.05) is 55.3 Å². The average molecular weight is 283 g/mol. The zero-order chi connectivity index (χ0) is 14.7. The fourth-order valence-electron chi connectivity index (χ4n) is 2.45. The largest absolute Gasteiger partial charge is 0.367 e. The molecule has 1 aliphatic heterocycles. The highest BCUT2D eigenvalue weighted by atomic mass is 16.2. The van der Waals surface area contributed by atoms with Crippen LogP contribution in [-0.4, -0.2) is 47.8 Å². The number of hydrogen-bond donors (Lipinski definition) is 2. The molecule has 0 spiro atoms. The lowest BCUT2D eigenvalue weighted by Gasteiger charge is -2.27. The molecule has 1 amide bonds. The zero-order valence-corrected chi connectivity index (χ0v) is 11.6. The maximum atomic E-state index is 12.3. The Hall–Kier alpha value is -2.40. The van der Waals surface area contributed by atoms with Crippen LogP contribution in [0.15, 0.2) is 42.7 Å². The van der Waals surface area contributed by atoms with Crippen LogP contribution in [0, 0.1) is 0 Å². The summed E-state index contributed by atoms with van der Waals surface area (Å²) in [5, 5.41) is 3.22. The summed E-state index contributed by atoms with van der Waals surface area (Å²) in [4.78, 5) is 29.2. The molecule has 0 radical (unpaired) electrons. The highest BCUT2D eigenvalue weighted by Crippen LogP contribution is 2.12. The van der Waals surface area contributed by atoms with Crippen LogP contribution in [0.5, 0.6) is 0 Å². The van der Waals surface area contributed by atoms with Gasteiger partial charge in [0.05, 0.1) is 0 Å². The van der Waals surface area contributed by atoms with Crippen molar-refractivity contribution in [1.29, 1.82) is 0 Å². The third kappa shape index (κ3) is 2.87. The van der Waals surface area contributed by atoms with Crippen molar-refractivity contribution in [2.75, 3.05) is 26.2 Å². The first kappa shape index (κ1) is 13.6. The summed E-state index contributed by atoms with van der Waals surface area (Å²) in [7, 11) is 0. The van der Waals surface area contributed by atoms with Crippen LogP contribution in [0.3, 0.4) is 0 Å². The molecule has 2 heterocycles. The summed E-state index contributed by atoms with van der Waals surface area (Å²) < 4.78 is 0. The number of hydrogen-bond acceptors (Lipinski definition) is 3. The van der Waals surface area contributed by atoms with Crippen LogP contribution in [0.4, 0.5) is 0 Å². The fourth-order valence-corrected chi connectivity index (χ4v) is 2.45.